The second-order valence-corrected chi connectivity index (χ2v) is 7.20. The number of ether oxygens (including phenoxy) is 2. The molecule has 1 N–H and O–H groups in total. The Morgan fingerprint density at radius 3 is 2.69 bits per heavy atom. The van der Waals surface area contributed by atoms with Crippen molar-refractivity contribution in [3.8, 4) is 11.5 Å². The second kappa shape index (κ2) is 9.49. The number of ketones is 1. The maximum absolute atomic E-state index is 12.6. The van der Waals surface area contributed by atoms with Gasteiger partial charge in [-0.15, -0.1) is 0 Å². The van der Waals surface area contributed by atoms with Crippen LogP contribution in [0.3, 0.4) is 0 Å². The minimum atomic E-state index is -0.100. The second-order valence-electron chi connectivity index (χ2n) is 7.20. The van der Waals surface area contributed by atoms with Crippen LogP contribution in [0.1, 0.15) is 66.6 Å². The smallest absolute Gasteiger partial charge is 0.229 e. The zero-order valence-electron chi connectivity index (χ0n) is 17.2. The summed E-state index contributed by atoms with van der Waals surface area (Å²) in [4.78, 5) is 33.3. The molecule has 0 saturated heterocycles. The predicted octanol–water partition coefficient (Wildman–Crippen LogP) is 3.93. The largest absolute Gasteiger partial charge is 0.493 e. The van der Waals surface area contributed by atoms with E-state index in [1.54, 1.807) is 14.2 Å². The normalized spacial score (nSPS) is 15.6. The Kier molecular flexibility index (Phi) is 6.80. The lowest BCUT2D eigenvalue weighted by Gasteiger charge is -2.24. The molecule has 0 bridgehead atoms. The van der Waals surface area contributed by atoms with Gasteiger partial charge in [0.15, 0.2) is 17.3 Å². The number of hydrogen-bond acceptors (Lipinski definition) is 6. The molecule has 154 valence electrons. The van der Waals surface area contributed by atoms with Crippen LogP contribution < -0.4 is 14.8 Å². The van der Waals surface area contributed by atoms with E-state index < -0.39 is 0 Å². The molecule has 0 spiro atoms. The third kappa shape index (κ3) is 4.91. The van der Waals surface area contributed by atoms with E-state index in [-0.39, 0.29) is 23.6 Å². The molecule has 0 aliphatic heterocycles. The third-order valence-electron chi connectivity index (χ3n) is 5.18. The van der Waals surface area contributed by atoms with E-state index >= 15 is 0 Å². The monoisotopic (exact) mass is 397 g/mol. The van der Waals surface area contributed by atoms with Gasteiger partial charge in [-0.1, -0.05) is 25.8 Å². The average molecular weight is 397 g/mol. The molecule has 7 heteroatoms. The first-order valence-electron chi connectivity index (χ1n) is 9.96. The van der Waals surface area contributed by atoms with Crippen LogP contribution >= 0.6 is 0 Å². The Labute approximate surface area is 170 Å². The molecule has 1 aliphatic rings. The Hall–Kier alpha value is -2.96. The van der Waals surface area contributed by atoms with Gasteiger partial charge in [0, 0.05) is 19.0 Å². The number of amides is 1. The number of methoxy groups -OCH3 is 2. The summed E-state index contributed by atoms with van der Waals surface area (Å²) in [6, 6.07) is 5.69. The number of nitrogens with zero attached hydrogens (tertiary/aromatic N) is 2. The number of anilines is 1. The lowest BCUT2D eigenvalue weighted by atomic mass is 9.82. The standard InChI is InChI=1S/C22H27N3O4/c1-4-5-6-7-21(27)25-22-23-13-16-17(24-22)10-15(11-18(16)26)14-8-9-19(28-2)20(12-14)29-3/h8-9,12-13,15H,4-7,10-11H2,1-3H3,(H,23,24,25,27). The quantitative estimate of drug-likeness (QED) is 0.679. The molecule has 3 rings (SSSR count). The van der Waals surface area contributed by atoms with Crippen LogP contribution in [0.15, 0.2) is 24.4 Å². The Morgan fingerprint density at radius 2 is 1.97 bits per heavy atom. The first-order chi connectivity index (χ1) is 14.0. The lowest BCUT2D eigenvalue weighted by molar-refractivity contribution is -0.116. The van der Waals surface area contributed by atoms with Crippen molar-refractivity contribution in [3.63, 3.8) is 0 Å². The van der Waals surface area contributed by atoms with Crippen LogP contribution in [0.25, 0.3) is 0 Å². The summed E-state index contributed by atoms with van der Waals surface area (Å²) in [5.41, 5.74) is 2.19. The summed E-state index contributed by atoms with van der Waals surface area (Å²) in [5, 5.41) is 2.74. The average Bonchev–Trinajstić information content (AvgIpc) is 2.73. The third-order valence-corrected chi connectivity index (χ3v) is 5.18. The molecule has 2 aromatic rings. The zero-order valence-corrected chi connectivity index (χ0v) is 17.2. The number of carbonyl (C=O) groups excluding carboxylic acids is 2. The van der Waals surface area contributed by atoms with Gasteiger partial charge in [-0.25, -0.2) is 9.97 Å². The predicted molar refractivity (Wildman–Crippen MR) is 110 cm³/mol. The summed E-state index contributed by atoms with van der Waals surface area (Å²) in [6.45, 7) is 2.09. The number of carbonyl (C=O) groups is 2. The highest BCUT2D eigenvalue weighted by atomic mass is 16.5. The molecule has 1 aromatic carbocycles. The van der Waals surface area contributed by atoms with E-state index in [0.29, 0.717) is 42.0 Å². The molecule has 0 radical (unpaired) electrons. The van der Waals surface area contributed by atoms with E-state index in [2.05, 4.69) is 22.2 Å². The first-order valence-corrected chi connectivity index (χ1v) is 9.96. The Bertz CT molecular complexity index is 898. The van der Waals surface area contributed by atoms with Gasteiger partial charge in [0.05, 0.1) is 25.5 Å². The molecule has 1 atom stereocenters. The van der Waals surface area contributed by atoms with Crippen LogP contribution in [-0.2, 0) is 11.2 Å². The van der Waals surface area contributed by atoms with E-state index in [0.717, 1.165) is 24.8 Å². The van der Waals surface area contributed by atoms with Crippen LogP contribution in [0.5, 0.6) is 11.5 Å². The molecular formula is C22H27N3O4. The lowest BCUT2D eigenvalue weighted by Crippen LogP contribution is -2.22. The number of hydrogen-bond donors (Lipinski definition) is 1. The molecule has 0 fully saturated rings. The number of benzene rings is 1. The summed E-state index contributed by atoms with van der Waals surface area (Å²) in [7, 11) is 3.18. The number of Topliss-reactive ketones (excluding diaryl/α,β-unsaturated/α-hetero) is 1. The van der Waals surface area contributed by atoms with Gasteiger partial charge < -0.3 is 9.47 Å². The van der Waals surface area contributed by atoms with Crippen molar-refractivity contribution in [2.24, 2.45) is 0 Å². The Balaban J connectivity index is 1.77. The van der Waals surface area contributed by atoms with E-state index in [1.807, 2.05) is 18.2 Å². The maximum Gasteiger partial charge on any atom is 0.229 e. The van der Waals surface area contributed by atoms with Crippen molar-refractivity contribution in [2.45, 2.75) is 51.4 Å². The van der Waals surface area contributed by atoms with Gasteiger partial charge in [0.2, 0.25) is 11.9 Å². The van der Waals surface area contributed by atoms with E-state index in [1.165, 1.54) is 6.20 Å². The zero-order chi connectivity index (χ0) is 20.8. The molecule has 1 aromatic heterocycles. The topological polar surface area (TPSA) is 90.4 Å². The van der Waals surface area contributed by atoms with Gasteiger partial charge in [-0.3, -0.25) is 14.9 Å². The van der Waals surface area contributed by atoms with Crippen LogP contribution in [0.2, 0.25) is 0 Å². The summed E-state index contributed by atoms with van der Waals surface area (Å²) >= 11 is 0. The highest BCUT2D eigenvalue weighted by molar-refractivity contribution is 5.98. The van der Waals surface area contributed by atoms with Crippen molar-refractivity contribution in [3.05, 3.63) is 41.2 Å². The van der Waals surface area contributed by atoms with Crippen molar-refractivity contribution in [1.29, 1.82) is 0 Å². The van der Waals surface area contributed by atoms with Gasteiger partial charge in [-0.05, 0) is 36.5 Å². The summed E-state index contributed by atoms with van der Waals surface area (Å²) < 4.78 is 10.7. The molecule has 1 amide bonds. The van der Waals surface area contributed by atoms with Crippen molar-refractivity contribution >= 4 is 17.6 Å². The molecule has 1 heterocycles. The molecular weight excluding hydrogens is 370 g/mol. The number of fused-ring (bicyclic) bond motifs is 1. The summed E-state index contributed by atoms with van der Waals surface area (Å²) in [6.07, 6.45) is 5.86. The maximum atomic E-state index is 12.6. The van der Waals surface area contributed by atoms with Crippen molar-refractivity contribution in [1.82, 2.24) is 9.97 Å². The number of aromatic nitrogens is 2. The van der Waals surface area contributed by atoms with Gasteiger partial charge in [0.1, 0.15) is 0 Å². The van der Waals surface area contributed by atoms with E-state index in [9.17, 15) is 9.59 Å². The van der Waals surface area contributed by atoms with E-state index in [4.69, 9.17) is 9.47 Å². The molecule has 0 saturated carbocycles. The number of nitrogens with one attached hydrogen (secondary N) is 1. The SMILES string of the molecule is CCCCCC(=O)Nc1ncc2c(n1)CC(c1ccc(OC)c(OC)c1)CC2=O. The highest BCUT2D eigenvalue weighted by Gasteiger charge is 2.29. The van der Waals surface area contributed by atoms with Crippen LogP contribution in [0.4, 0.5) is 5.95 Å². The van der Waals surface area contributed by atoms with Gasteiger partial charge >= 0.3 is 0 Å². The van der Waals surface area contributed by atoms with Crippen molar-refractivity contribution in [2.75, 3.05) is 19.5 Å². The summed E-state index contributed by atoms with van der Waals surface area (Å²) in [5.74, 6) is 1.42. The first kappa shape index (κ1) is 20.8. The van der Waals surface area contributed by atoms with Crippen molar-refractivity contribution < 1.29 is 19.1 Å². The number of unbranched alkanes of at least 4 members (excludes halogenated alkanes) is 2. The van der Waals surface area contributed by atoms with Crippen LogP contribution in [0, 0.1) is 0 Å². The Morgan fingerprint density at radius 1 is 1.17 bits per heavy atom. The highest BCUT2D eigenvalue weighted by Crippen LogP contribution is 2.36. The molecule has 1 aliphatic carbocycles. The number of rotatable bonds is 8. The van der Waals surface area contributed by atoms with Gasteiger partial charge in [0.25, 0.3) is 0 Å². The minimum Gasteiger partial charge on any atom is -0.493 e. The van der Waals surface area contributed by atoms with Gasteiger partial charge in [-0.2, -0.15) is 0 Å². The molecule has 7 nitrogen and oxygen atoms in total. The van der Waals surface area contributed by atoms with Crippen LogP contribution in [-0.4, -0.2) is 35.9 Å². The molecule has 1 unspecified atom stereocenters. The minimum absolute atomic E-state index is 0.00635. The fourth-order valence-electron chi connectivity index (χ4n) is 3.57. The molecule has 29 heavy (non-hydrogen) atoms. The fourth-order valence-corrected chi connectivity index (χ4v) is 3.57. The fraction of sp³-hybridized carbons (Fsp3) is 0.455.